The molecule has 3 N–H and O–H groups in total. The number of amides is 2. The van der Waals surface area contributed by atoms with Crippen molar-refractivity contribution >= 4 is 29.6 Å². The second kappa shape index (κ2) is 9.96. The fourth-order valence-electron chi connectivity index (χ4n) is 4.09. The smallest absolute Gasteiger partial charge is 0.407 e. The number of aryl methyl sites for hydroxylation is 1. The highest BCUT2D eigenvalue weighted by Gasteiger charge is 2.30. The standard InChI is InChI=1S/C24H23ClN4O5/c1-29-12-19(25)21(28-29)11-26-23(32)20(10-22(30)31)27-24(33)34-13-18-16-8-4-2-6-14(16)15-7-3-5-9-17(15)18/h2-9,12,18,20H,10-11,13H2,1H3,(H,26,32)(H,27,33)(H,30,31). The Morgan fingerprint density at radius 3 is 2.29 bits per heavy atom. The number of hydrogen-bond acceptors (Lipinski definition) is 5. The molecule has 0 aliphatic heterocycles. The predicted octanol–water partition coefficient (Wildman–Crippen LogP) is 3.07. The van der Waals surface area contributed by atoms with Gasteiger partial charge in [0.25, 0.3) is 0 Å². The van der Waals surface area contributed by atoms with Crippen LogP contribution in [0.2, 0.25) is 5.02 Å². The molecular formula is C24H23ClN4O5. The summed E-state index contributed by atoms with van der Waals surface area (Å²) in [5.74, 6) is -2.08. The van der Waals surface area contributed by atoms with E-state index in [0.29, 0.717) is 10.7 Å². The SMILES string of the molecule is Cn1cc(Cl)c(CNC(=O)C(CC(=O)O)NC(=O)OCC2c3ccccc3-c3ccccc32)n1. The van der Waals surface area contributed by atoms with Gasteiger partial charge in [-0.1, -0.05) is 60.1 Å². The van der Waals surface area contributed by atoms with Gasteiger partial charge in [-0.3, -0.25) is 14.3 Å². The van der Waals surface area contributed by atoms with Crippen molar-refractivity contribution in [3.8, 4) is 11.1 Å². The van der Waals surface area contributed by atoms with E-state index < -0.39 is 30.4 Å². The molecule has 1 aromatic heterocycles. The first-order valence-electron chi connectivity index (χ1n) is 10.6. The van der Waals surface area contributed by atoms with Crippen molar-refractivity contribution in [1.82, 2.24) is 20.4 Å². The zero-order valence-electron chi connectivity index (χ0n) is 18.3. The summed E-state index contributed by atoms with van der Waals surface area (Å²) in [6, 6.07) is 14.5. The summed E-state index contributed by atoms with van der Waals surface area (Å²) in [4.78, 5) is 36.3. The molecule has 34 heavy (non-hydrogen) atoms. The number of carboxylic acid groups (broad SMARTS) is 1. The Morgan fingerprint density at radius 2 is 1.74 bits per heavy atom. The summed E-state index contributed by atoms with van der Waals surface area (Å²) in [5, 5.41) is 18.6. The first-order chi connectivity index (χ1) is 16.3. The van der Waals surface area contributed by atoms with Gasteiger partial charge in [-0.2, -0.15) is 5.10 Å². The Bertz CT molecular complexity index is 1200. The van der Waals surface area contributed by atoms with Crippen LogP contribution in [0.25, 0.3) is 11.1 Å². The van der Waals surface area contributed by atoms with E-state index in [2.05, 4.69) is 15.7 Å². The maximum Gasteiger partial charge on any atom is 0.407 e. The lowest BCUT2D eigenvalue weighted by molar-refractivity contribution is -0.139. The van der Waals surface area contributed by atoms with E-state index in [0.717, 1.165) is 22.3 Å². The van der Waals surface area contributed by atoms with E-state index in [-0.39, 0.29) is 19.1 Å². The maximum absolute atomic E-state index is 12.6. The van der Waals surface area contributed by atoms with Crippen molar-refractivity contribution in [3.05, 3.63) is 76.6 Å². The van der Waals surface area contributed by atoms with Gasteiger partial charge in [0.05, 0.1) is 18.0 Å². The molecular weight excluding hydrogens is 460 g/mol. The van der Waals surface area contributed by atoms with E-state index in [1.165, 1.54) is 4.68 Å². The quantitative estimate of drug-likeness (QED) is 0.453. The monoisotopic (exact) mass is 482 g/mol. The van der Waals surface area contributed by atoms with Crippen LogP contribution in [0.3, 0.4) is 0 Å². The number of alkyl carbamates (subject to hydrolysis) is 1. The second-order valence-corrected chi connectivity index (χ2v) is 8.34. The minimum Gasteiger partial charge on any atom is -0.481 e. The fourth-order valence-corrected chi connectivity index (χ4v) is 4.33. The van der Waals surface area contributed by atoms with Gasteiger partial charge in [0.15, 0.2) is 0 Å². The number of ether oxygens (including phenoxy) is 1. The third-order valence-electron chi connectivity index (χ3n) is 5.62. The molecule has 1 aliphatic carbocycles. The van der Waals surface area contributed by atoms with Crippen LogP contribution in [-0.2, 0) is 27.9 Å². The lowest BCUT2D eigenvalue weighted by Crippen LogP contribution is -2.48. The Kier molecular flexibility index (Phi) is 6.83. The van der Waals surface area contributed by atoms with Gasteiger partial charge in [-0.15, -0.1) is 0 Å². The molecule has 10 heteroatoms. The predicted molar refractivity (Wildman–Crippen MR) is 124 cm³/mol. The van der Waals surface area contributed by atoms with Gasteiger partial charge in [0, 0.05) is 19.2 Å². The van der Waals surface area contributed by atoms with E-state index >= 15 is 0 Å². The Balaban J connectivity index is 1.39. The van der Waals surface area contributed by atoms with Crippen LogP contribution in [0.4, 0.5) is 4.79 Å². The largest absolute Gasteiger partial charge is 0.481 e. The number of nitrogens with one attached hydrogen (secondary N) is 2. The summed E-state index contributed by atoms with van der Waals surface area (Å²) >= 11 is 6.03. The number of carbonyl (C=O) groups excluding carboxylic acids is 2. The number of carboxylic acids is 1. The second-order valence-electron chi connectivity index (χ2n) is 7.94. The van der Waals surface area contributed by atoms with Crippen molar-refractivity contribution in [2.75, 3.05) is 6.61 Å². The highest BCUT2D eigenvalue weighted by atomic mass is 35.5. The molecule has 4 rings (SSSR count). The van der Waals surface area contributed by atoms with Gasteiger partial charge in [0.1, 0.15) is 18.3 Å². The number of aromatic nitrogens is 2. The molecule has 9 nitrogen and oxygen atoms in total. The number of carbonyl (C=O) groups is 3. The number of nitrogens with zero attached hydrogens (tertiary/aromatic N) is 2. The first kappa shape index (κ1) is 23.3. The number of rotatable bonds is 8. The van der Waals surface area contributed by atoms with Crippen LogP contribution in [0, 0.1) is 0 Å². The molecule has 1 atom stereocenters. The number of halogens is 1. The number of benzene rings is 2. The van der Waals surface area contributed by atoms with Gasteiger partial charge in [-0.05, 0) is 22.3 Å². The number of hydrogen-bond donors (Lipinski definition) is 3. The molecule has 0 bridgehead atoms. The van der Waals surface area contributed by atoms with Gasteiger partial charge in [-0.25, -0.2) is 4.79 Å². The molecule has 3 aromatic rings. The topological polar surface area (TPSA) is 123 Å². The van der Waals surface area contributed by atoms with Crippen LogP contribution in [0.5, 0.6) is 0 Å². The van der Waals surface area contributed by atoms with Crippen molar-refractivity contribution in [2.45, 2.75) is 24.9 Å². The molecule has 1 heterocycles. The zero-order valence-corrected chi connectivity index (χ0v) is 19.1. The van der Waals surface area contributed by atoms with Gasteiger partial charge >= 0.3 is 12.1 Å². The van der Waals surface area contributed by atoms with Crippen LogP contribution >= 0.6 is 11.6 Å². The average molecular weight is 483 g/mol. The Labute approximate surface area is 200 Å². The molecule has 2 aromatic carbocycles. The molecule has 0 fully saturated rings. The van der Waals surface area contributed by atoms with Crippen LogP contribution in [-0.4, -0.2) is 45.5 Å². The van der Waals surface area contributed by atoms with Crippen molar-refractivity contribution in [2.24, 2.45) is 7.05 Å². The van der Waals surface area contributed by atoms with Crippen LogP contribution < -0.4 is 10.6 Å². The Morgan fingerprint density at radius 1 is 1.12 bits per heavy atom. The molecule has 2 amide bonds. The molecule has 0 saturated heterocycles. The lowest BCUT2D eigenvalue weighted by atomic mass is 9.98. The molecule has 1 aliphatic rings. The third-order valence-corrected chi connectivity index (χ3v) is 5.93. The normalized spacial score (nSPS) is 13.0. The summed E-state index contributed by atoms with van der Waals surface area (Å²) < 4.78 is 6.92. The van der Waals surface area contributed by atoms with E-state index in [9.17, 15) is 19.5 Å². The van der Waals surface area contributed by atoms with E-state index in [4.69, 9.17) is 16.3 Å². The van der Waals surface area contributed by atoms with Crippen LogP contribution in [0.15, 0.2) is 54.7 Å². The molecule has 0 spiro atoms. The summed E-state index contributed by atoms with van der Waals surface area (Å²) in [5.41, 5.74) is 4.69. The lowest BCUT2D eigenvalue weighted by Gasteiger charge is -2.18. The highest BCUT2D eigenvalue weighted by Crippen LogP contribution is 2.44. The fraction of sp³-hybridized carbons (Fsp3) is 0.250. The molecule has 0 radical (unpaired) electrons. The minimum atomic E-state index is -1.32. The highest BCUT2D eigenvalue weighted by molar-refractivity contribution is 6.31. The van der Waals surface area contributed by atoms with E-state index in [1.807, 2.05) is 48.5 Å². The van der Waals surface area contributed by atoms with Gasteiger partial charge in [0.2, 0.25) is 5.91 Å². The van der Waals surface area contributed by atoms with Crippen molar-refractivity contribution in [1.29, 1.82) is 0 Å². The molecule has 0 saturated carbocycles. The average Bonchev–Trinajstić information content (AvgIpc) is 3.31. The first-order valence-corrected chi connectivity index (χ1v) is 11.0. The zero-order chi connectivity index (χ0) is 24.2. The van der Waals surface area contributed by atoms with E-state index in [1.54, 1.807) is 13.2 Å². The minimum absolute atomic E-state index is 0.0129. The number of aliphatic carboxylic acids is 1. The summed E-state index contributed by atoms with van der Waals surface area (Å²) in [7, 11) is 1.68. The molecule has 1 unspecified atom stereocenters. The van der Waals surface area contributed by atoms with Crippen LogP contribution in [0.1, 0.15) is 29.2 Å². The number of fused-ring (bicyclic) bond motifs is 3. The molecule has 176 valence electrons. The van der Waals surface area contributed by atoms with Crippen molar-refractivity contribution < 1.29 is 24.2 Å². The summed E-state index contributed by atoms with van der Waals surface area (Å²) in [6.07, 6.45) is 0.0951. The Hall–Kier alpha value is -3.85. The third kappa shape index (κ3) is 5.04. The van der Waals surface area contributed by atoms with Crippen molar-refractivity contribution in [3.63, 3.8) is 0 Å². The summed E-state index contributed by atoms with van der Waals surface area (Å²) in [6.45, 7) is 0.0335. The van der Waals surface area contributed by atoms with Gasteiger partial charge < -0.3 is 20.5 Å². The maximum atomic E-state index is 12.6.